The van der Waals surface area contributed by atoms with Gasteiger partial charge in [-0.1, -0.05) is 13.8 Å². The number of aryl methyl sites for hydroxylation is 1. The molecular weight excluding hydrogens is 390 g/mol. The molecule has 10 heteroatoms. The molecule has 2 aromatic rings. The summed E-state index contributed by atoms with van der Waals surface area (Å²) < 4.78 is 12.5. The van der Waals surface area contributed by atoms with Crippen molar-refractivity contribution in [2.75, 3.05) is 53.7 Å². The molecule has 1 saturated heterocycles. The zero-order valence-electron chi connectivity index (χ0n) is 16.8. The Balaban J connectivity index is 1.55. The Morgan fingerprint density at radius 3 is 2.59 bits per heavy atom. The molecule has 2 aromatic heterocycles. The summed E-state index contributed by atoms with van der Waals surface area (Å²) in [7, 11) is 0. The van der Waals surface area contributed by atoms with Crippen molar-refractivity contribution in [2.24, 2.45) is 5.92 Å². The standard InChI is InChI=1S/C19H27N7O2S/c1-13(2)16(12-27)22-18-17-15(4-10-29(17)28)23-19(24-18)26-8-6-25(7-9-26)14-3-5-20-21-11-14/h3,5,11,13,16,27H,4,6-10,12H2,1-2H3,(H,22,23,24)/t16-,29?/m0/s1. The Labute approximate surface area is 173 Å². The van der Waals surface area contributed by atoms with Crippen LogP contribution in [0.1, 0.15) is 19.5 Å². The average Bonchev–Trinajstić information content (AvgIpc) is 3.13. The fourth-order valence-electron chi connectivity index (χ4n) is 3.66. The van der Waals surface area contributed by atoms with Crippen LogP contribution in [0.15, 0.2) is 23.4 Å². The number of fused-ring (bicyclic) bond motifs is 1. The first kappa shape index (κ1) is 20.1. The molecule has 1 unspecified atom stereocenters. The highest BCUT2D eigenvalue weighted by atomic mass is 32.2. The molecule has 0 saturated carbocycles. The second kappa shape index (κ2) is 8.68. The first-order chi connectivity index (χ1) is 14.1. The number of aromatic nitrogens is 4. The van der Waals surface area contributed by atoms with E-state index in [1.807, 2.05) is 19.9 Å². The fourth-order valence-corrected chi connectivity index (χ4v) is 4.97. The minimum absolute atomic E-state index is 0.00292. The zero-order valence-corrected chi connectivity index (χ0v) is 17.6. The quantitative estimate of drug-likeness (QED) is 0.655. The van der Waals surface area contributed by atoms with Gasteiger partial charge in [-0.3, -0.25) is 0 Å². The van der Waals surface area contributed by atoms with Gasteiger partial charge in [0.1, 0.15) is 11.4 Å². The Morgan fingerprint density at radius 1 is 1.17 bits per heavy atom. The van der Waals surface area contributed by atoms with Gasteiger partial charge in [-0.25, -0.2) is 4.98 Å². The van der Waals surface area contributed by atoms with Crippen molar-refractivity contribution >= 4 is 28.6 Å². The maximum absolute atomic E-state index is 12.5. The van der Waals surface area contributed by atoms with E-state index in [2.05, 4.69) is 25.3 Å². The number of nitrogens with one attached hydrogen (secondary N) is 1. The monoisotopic (exact) mass is 417 g/mol. The zero-order chi connectivity index (χ0) is 20.4. The Bertz CT molecular complexity index is 831. The van der Waals surface area contributed by atoms with Crippen molar-refractivity contribution in [1.29, 1.82) is 0 Å². The van der Waals surface area contributed by atoms with E-state index < -0.39 is 11.2 Å². The Hall–Kier alpha value is -2.17. The molecule has 4 rings (SSSR count). The van der Waals surface area contributed by atoms with Crippen LogP contribution < -0.4 is 15.1 Å². The third kappa shape index (κ3) is 4.24. The molecule has 29 heavy (non-hydrogen) atoms. The van der Waals surface area contributed by atoms with Crippen LogP contribution in [0.4, 0.5) is 17.5 Å². The number of rotatable bonds is 6. The van der Waals surface area contributed by atoms with E-state index in [1.54, 1.807) is 12.4 Å². The Morgan fingerprint density at radius 2 is 1.93 bits per heavy atom. The molecule has 0 amide bonds. The van der Waals surface area contributed by atoms with Gasteiger partial charge in [-0.15, -0.1) is 0 Å². The van der Waals surface area contributed by atoms with E-state index in [9.17, 15) is 9.66 Å². The predicted octanol–water partition coefficient (Wildman–Crippen LogP) is 0.686. The highest BCUT2D eigenvalue weighted by Gasteiger charge is 2.34. The lowest BCUT2D eigenvalue weighted by molar-refractivity contribution is 0.248. The molecule has 2 aliphatic heterocycles. The van der Waals surface area contributed by atoms with E-state index in [0.717, 1.165) is 37.6 Å². The normalized spacial score (nSPS) is 20.1. The molecule has 2 atom stereocenters. The molecule has 0 aliphatic carbocycles. The lowest BCUT2D eigenvalue weighted by atomic mass is 10.1. The van der Waals surface area contributed by atoms with Gasteiger partial charge in [-0.05, 0) is 23.2 Å². The van der Waals surface area contributed by atoms with Crippen LogP contribution in [0, 0.1) is 5.92 Å². The number of hydrogen-bond donors (Lipinski definition) is 2. The first-order valence-electron chi connectivity index (χ1n) is 10.00. The fraction of sp³-hybridized carbons (Fsp3) is 0.579. The van der Waals surface area contributed by atoms with Crippen LogP contribution in [-0.2, 0) is 17.6 Å². The number of aliphatic hydroxyl groups excluding tert-OH is 1. The second-order valence-corrected chi connectivity index (χ2v) is 9.21. The van der Waals surface area contributed by atoms with Gasteiger partial charge in [-0.2, -0.15) is 15.2 Å². The van der Waals surface area contributed by atoms with Crippen molar-refractivity contribution in [3.63, 3.8) is 0 Å². The van der Waals surface area contributed by atoms with Crippen molar-refractivity contribution < 1.29 is 9.66 Å². The number of nitrogens with zero attached hydrogens (tertiary/aromatic N) is 6. The highest BCUT2D eigenvalue weighted by molar-refractivity contribution is 7.91. The molecule has 0 spiro atoms. The summed E-state index contributed by atoms with van der Waals surface area (Å²) in [5, 5.41) is 20.8. The second-order valence-electron chi connectivity index (χ2n) is 7.70. The molecule has 0 aromatic carbocycles. The number of piperazine rings is 1. The van der Waals surface area contributed by atoms with Gasteiger partial charge in [0.05, 0.1) is 30.7 Å². The Kier molecular flexibility index (Phi) is 6.02. The van der Waals surface area contributed by atoms with E-state index >= 15 is 0 Å². The van der Waals surface area contributed by atoms with Crippen LogP contribution in [0.2, 0.25) is 0 Å². The van der Waals surface area contributed by atoms with E-state index in [4.69, 9.17) is 9.97 Å². The van der Waals surface area contributed by atoms with Gasteiger partial charge in [0, 0.05) is 32.6 Å². The third-order valence-corrected chi connectivity index (χ3v) is 6.95. The van der Waals surface area contributed by atoms with Crippen molar-refractivity contribution in [3.05, 3.63) is 24.2 Å². The van der Waals surface area contributed by atoms with E-state index in [1.165, 1.54) is 0 Å². The molecule has 156 valence electrons. The average molecular weight is 418 g/mol. The van der Waals surface area contributed by atoms with Gasteiger partial charge in [0.25, 0.3) is 0 Å². The number of hydrogen-bond acceptors (Lipinski definition) is 9. The molecule has 4 heterocycles. The minimum atomic E-state index is -1.09. The van der Waals surface area contributed by atoms with Crippen molar-refractivity contribution in [2.45, 2.75) is 31.2 Å². The summed E-state index contributed by atoms with van der Waals surface area (Å²) in [5.41, 5.74) is 1.92. The topological polar surface area (TPSA) is 113 Å². The lowest BCUT2D eigenvalue weighted by Gasteiger charge is -2.36. The predicted molar refractivity (Wildman–Crippen MR) is 113 cm³/mol. The summed E-state index contributed by atoms with van der Waals surface area (Å²) in [6.07, 6.45) is 4.18. The lowest BCUT2D eigenvalue weighted by Crippen LogP contribution is -2.47. The minimum Gasteiger partial charge on any atom is -0.611 e. The maximum Gasteiger partial charge on any atom is 0.228 e. The SMILES string of the molecule is CC(C)[C@H](CO)Nc1nc(N2CCN(c3ccnnc3)CC2)nc2c1[S+]([O-])CC2. The first-order valence-corrected chi connectivity index (χ1v) is 11.3. The van der Waals surface area contributed by atoms with Crippen molar-refractivity contribution in [1.82, 2.24) is 20.2 Å². The molecule has 0 bridgehead atoms. The van der Waals surface area contributed by atoms with Crippen LogP contribution in [0.25, 0.3) is 0 Å². The van der Waals surface area contributed by atoms with Crippen LogP contribution in [0.3, 0.4) is 0 Å². The number of anilines is 3. The summed E-state index contributed by atoms with van der Waals surface area (Å²) in [6.45, 7) is 7.34. The highest BCUT2D eigenvalue weighted by Crippen LogP contribution is 2.33. The van der Waals surface area contributed by atoms with Gasteiger partial charge >= 0.3 is 0 Å². The summed E-state index contributed by atoms with van der Waals surface area (Å²) in [6, 6.07) is 1.82. The molecular formula is C19H27N7O2S. The van der Waals surface area contributed by atoms with Gasteiger partial charge in [0.15, 0.2) is 5.82 Å². The van der Waals surface area contributed by atoms with Gasteiger partial charge in [0.2, 0.25) is 10.8 Å². The van der Waals surface area contributed by atoms with Crippen LogP contribution in [-0.4, -0.2) is 74.4 Å². The van der Waals surface area contributed by atoms with Crippen molar-refractivity contribution in [3.8, 4) is 0 Å². The van der Waals surface area contributed by atoms with E-state index in [-0.39, 0.29) is 18.6 Å². The molecule has 0 radical (unpaired) electrons. The van der Waals surface area contributed by atoms with Gasteiger partial charge < -0.3 is 24.8 Å². The van der Waals surface area contributed by atoms with Crippen LogP contribution in [0.5, 0.6) is 0 Å². The molecule has 9 nitrogen and oxygen atoms in total. The largest absolute Gasteiger partial charge is 0.611 e. The summed E-state index contributed by atoms with van der Waals surface area (Å²) in [5.74, 6) is 2.07. The van der Waals surface area contributed by atoms with Crippen LogP contribution >= 0.6 is 0 Å². The molecule has 2 N–H and O–H groups in total. The van der Waals surface area contributed by atoms with E-state index in [0.29, 0.717) is 28.8 Å². The number of aliphatic hydroxyl groups is 1. The summed E-state index contributed by atoms with van der Waals surface area (Å²) in [4.78, 5) is 14.6. The smallest absolute Gasteiger partial charge is 0.228 e. The molecule has 2 aliphatic rings. The summed E-state index contributed by atoms with van der Waals surface area (Å²) >= 11 is -1.09. The maximum atomic E-state index is 12.5. The third-order valence-electron chi connectivity index (χ3n) is 5.50. The molecule has 1 fully saturated rings.